The second-order valence-electron chi connectivity index (χ2n) is 5.27. The lowest BCUT2D eigenvalue weighted by Gasteiger charge is -2.13. The molecule has 0 unspecified atom stereocenters. The van der Waals surface area contributed by atoms with Gasteiger partial charge in [-0.15, -0.1) is 0 Å². The Hall–Kier alpha value is -3.28. The molecule has 0 aliphatic heterocycles. The first-order valence-electron chi connectivity index (χ1n) is 7.52. The molecule has 3 rings (SSSR count). The fourth-order valence-corrected chi connectivity index (χ4v) is 2.24. The summed E-state index contributed by atoms with van der Waals surface area (Å²) in [5.74, 6) is -0.329. The molecule has 0 aliphatic carbocycles. The monoisotopic (exact) mass is 320 g/mol. The zero-order chi connectivity index (χ0) is 16.9. The van der Waals surface area contributed by atoms with Gasteiger partial charge in [0.15, 0.2) is 0 Å². The van der Waals surface area contributed by atoms with E-state index in [-0.39, 0.29) is 5.91 Å². The summed E-state index contributed by atoms with van der Waals surface area (Å²) < 4.78 is 1.07. The van der Waals surface area contributed by atoms with Crippen LogP contribution in [0.4, 0.5) is 5.69 Å². The summed E-state index contributed by atoms with van der Waals surface area (Å²) in [5.41, 5.74) is 1.38. The fraction of sp³-hybridized carbons (Fsp3) is 0.111. The van der Waals surface area contributed by atoms with Crippen LogP contribution in [0.5, 0.6) is 0 Å². The van der Waals surface area contributed by atoms with Gasteiger partial charge in [0.1, 0.15) is 6.04 Å². The summed E-state index contributed by atoms with van der Waals surface area (Å²) in [6.07, 6.45) is 1.49. The van der Waals surface area contributed by atoms with Crippen LogP contribution in [0.1, 0.15) is 13.0 Å². The number of carbonyl (C=O) groups is 1. The Bertz CT molecular complexity index is 892. The third-order valence-corrected chi connectivity index (χ3v) is 3.57. The Morgan fingerprint density at radius 2 is 1.67 bits per heavy atom. The van der Waals surface area contributed by atoms with E-state index in [0.29, 0.717) is 11.4 Å². The minimum absolute atomic E-state index is 0.329. The van der Waals surface area contributed by atoms with E-state index in [0.717, 1.165) is 10.2 Å². The molecular formula is C18H16N4O2. The molecule has 6 nitrogen and oxygen atoms in total. The van der Waals surface area contributed by atoms with Crippen molar-refractivity contribution in [1.82, 2.24) is 14.8 Å². The van der Waals surface area contributed by atoms with E-state index in [9.17, 15) is 9.59 Å². The van der Waals surface area contributed by atoms with Crippen molar-refractivity contribution in [3.05, 3.63) is 77.3 Å². The summed E-state index contributed by atoms with van der Waals surface area (Å²) >= 11 is 0. The van der Waals surface area contributed by atoms with Gasteiger partial charge in [-0.05, 0) is 19.1 Å². The lowest BCUT2D eigenvalue weighted by Crippen LogP contribution is -2.34. The molecule has 3 aromatic rings. The molecule has 1 atom stereocenters. The van der Waals surface area contributed by atoms with E-state index >= 15 is 0 Å². The van der Waals surface area contributed by atoms with Crippen molar-refractivity contribution in [3.8, 4) is 11.3 Å². The van der Waals surface area contributed by atoms with Crippen molar-refractivity contribution in [2.24, 2.45) is 0 Å². The summed E-state index contributed by atoms with van der Waals surface area (Å²) in [4.78, 5) is 28.5. The average molecular weight is 320 g/mol. The van der Waals surface area contributed by atoms with Crippen LogP contribution in [0.25, 0.3) is 11.3 Å². The highest BCUT2D eigenvalue weighted by atomic mass is 16.2. The molecule has 0 saturated heterocycles. The van der Waals surface area contributed by atoms with Crippen molar-refractivity contribution in [2.75, 3.05) is 5.32 Å². The number of para-hydroxylation sites is 1. The quantitative estimate of drug-likeness (QED) is 0.801. The molecule has 24 heavy (non-hydrogen) atoms. The van der Waals surface area contributed by atoms with Gasteiger partial charge >= 0.3 is 5.69 Å². The Balaban J connectivity index is 1.81. The van der Waals surface area contributed by atoms with E-state index in [1.807, 2.05) is 48.5 Å². The Morgan fingerprint density at radius 1 is 1.04 bits per heavy atom. The first-order chi connectivity index (χ1) is 11.6. The molecule has 1 aromatic heterocycles. The Kier molecular flexibility index (Phi) is 4.47. The predicted molar refractivity (Wildman–Crippen MR) is 91.5 cm³/mol. The van der Waals surface area contributed by atoms with Gasteiger partial charge in [0.25, 0.3) is 0 Å². The minimum Gasteiger partial charge on any atom is -0.324 e. The molecule has 1 N–H and O–H groups in total. The van der Waals surface area contributed by atoms with Gasteiger partial charge < -0.3 is 5.32 Å². The van der Waals surface area contributed by atoms with Crippen molar-refractivity contribution < 1.29 is 4.79 Å². The van der Waals surface area contributed by atoms with Crippen LogP contribution in [-0.2, 0) is 4.79 Å². The largest absolute Gasteiger partial charge is 0.365 e. The molecule has 0 radical (unpaired) electrons. The van der Waals surface area contributed by atoms with Crippen LogP contribution in [0, 0.1) is 0 Å². The summed E-state index contributed by atoms with van der Waals surface area (Å²) in [5, 5.41) is 6.85. The second-order valence-corrected chi connectivity index (χ2v) is 5.27. The van der Waals surface area contributed by atoms with Crippen LogP contribution < -0.4 is 11.0 Å². The van der Waals surface area contributed by atoms with Crippen molar-refractivity contribution in [3.63, 3.8) is 0 Å². The van der Waals surface area contributed by atoms with Crippen LogP contribution in [0.3, 0.4) is 0 Å². The number of nitrogens with zero attached hydrogens (tertiary/aromatic N) is 3. The number of aromatic nitrogens is 3. The topological polar surface area (TPSA) is 76.9 Å². The lowest BCUT2D eigenvalue weighted by molar-refractivity contribution is -0.119. The molecule has 0 spiro atoms. The second kappa shape index (κ2) is 6.87. The predicted octanol–water partition coefficient (Wildman–Crippen LogP) is 2.51. The van der Waals surface area contributed by atoms with Crippen LogP contribution in [0.2, 0.25) is 0 Å². The summed E-state index contributed by atoms with van der Waals surface area (Å²) in [7, 11) is 0. The highest BCUT2D eigenvalue weighted by Gasteiger charge is 2.18. The SMILES string of the molecule is C[C@@H](C(=O)Nc1ccccc1)n1ncc(-c2ccccc2)nc1=O. The maximum absolute atomic E-state index is 12.3. The van der Waals surface area contributed by atoms with E-state index in [2.05, 4.69) is 15.4 Å². The van der Waals surface area contributed by atoms with E-state index in [1.54, 1.807) is 19.1 Å². The number of carbonyl (C=O) groups excluding carboxylic acids is 1. The number of hydrogen-bond donors (Lipinski definition) is 1. The van der Waals surface area contributed by atoms with Gasteiger partial charge in [-0.2, -0.15) is 10.1 Å². The standard InChI is InChI=1S/C18H16N4O2/c1-13(17(23)20-15-10-6-3-7-11-15)22-18(24)21-16(12-19-22)14-8-4-2-5-9-14/h2-13H,1H3,(H,20,23)/t13-/m0/s1. The minimum atomic E-state index is -0.768. The van der Waals surface area contributed by atoms with Crippen LogP contribution in [-0.4, -0.2) is 20.7 Å². The highest BCUT2D eigenvalue weighted by Crippen LogP contribution is 2.14. The number of hydrogen-bond acceptors (Lipinski definition) is 4. The molecule has 120 valence electrons. The normalized spacial score (nSPS) is 11.7. The van der Waals surface area contributed by atoms with Gasteiger partial charge in [0, 0.05) is 11.3 Å². The van der Waals surface area contributed by atoms with Gasteiger partial charge in [-0.1, -0.05) is 48.5 Å². The first-order valence-corrected chi connectivity index (χ1v) is 7.52. The van der Waals surface area contributed by atoms with Crippen molar-refractivity contribution in [2.45, 2.75) is 13.0 Å². The molecule has 2 aromatic carbocycles. The van der Waals surface area contributed by atoms with Crippen LogP contribution >= 0.6 is 0 Å². The summed E-state index contributed by atoms with van der Waals surface area (Å²) in [6, 6.07) is 17.6. The third kappa shape index (κ3) is 3.38. The van der Waals surface area contributed by atoms with Gasteiger partial charge in [0.05, 0.1) is 11.9 Å². The number of amides is 1. The van der Waals surface area contributed by atoms with Gasteiger partial charge in [-0.25, -0.2) is 9.48 Å². The molecule has 1 amide bonds. The number of anilines is 1. The maximum Gasteiger partial charge on any atom is 0.365 e. The van der Waals surface area contributed by atoms with E-state index in [1.165, 1.54) is 6.20 Å². The maximum atomic E-state index is 12.3. The van der Waals surface area contributed by atoms with Crippen molar-refractivity contribution >= 4 is 11.6 Å². The Labute approximate surface area is 138 Å². The first kappa shape index (κ1) is 15.6. The zero-order valence-corrected chi connectivity index (χ0v) is 13.1. The molecule has 1 heterocycles. The number of nitrogens with one attached hydrogen (secondary N) is 1. The highest BCUT2D eigenvalue weighted by molar-refractivity contribution is 5.93. The average Bonchev–Trinajstić information content (AvgIpc) is 2.62. The zero-order valence-electron chi connectivity index (χ0n) is 13.1. The van der Waals surface area contributed by atoms with E-state index in [4.69, 9.17) is 0 Å². The molecular weight excluding hydrogens is 304 g/mol. The molecule has 0 fully saturated rings. The van der Waals surface area contributed by atoms with Crippen molar-refractivity contribution in [1.29, 1.82) is 0 Å². The molecule has 0 aliphatic rings. The molecule has 0 bridgehead atoms. The van der Waals surface area contributed by atoms with Gasteiger partial charge in [0.2, 0.25) is 5.91 Å². The molecule has 0 saturated carbocycles. The third-order valence-electron chi connectivity index (χ3n) is 3.57. The Morgan fingerprint density at radius 3 is 2.29 bits per heavy atom. The molecule has 6 heteroatoms. The van der Waals surface area contributed by atoms with Gasteiger partial charge in [-0.3, -0.25) is 4.79 Å². The number of benzene rings is 2. The summed E-state index contributed by atoms with van der Waals surface area (Å²) in [6.45, 7) is 1.61. The van der Waals surface area contributed by atoms with E-state index < -0.39 is 11.7 Å². The smallest absolute Gasteiger partial charge is 0.324 e. The number of rotatable bonds is 4. The fourth-order valence-electron chi connectivity index (χ4n) is 2.24. The van der Waals surface area contributed by atoms with Crippen LogP contribution in [0.15, 0.2) is 71.7 Å². The lowest BCUT2D eigenvalue weighted by atomic mass is 10.2.